The van der Waals surface area contributed by atoms with Crippen LogP contribution >= 0.6 is 0 Å². The fraction of sp³-hybridized carbons (Fsp3) is 0.600. The van der Waals surface area contributed by atoms with Crippen molar-refractivity contribution in [3.63, 3.8) is 0 Å². The molecule has 0 radical (unpaired) electrons. The molecule has 3 atom stereocenters. The number of nitrogens with one attached hydrogen (secondary N) is 1. The minimum atomic E-state index is -0.178. The van der Waals surface area contributed by atoms with E-state index in [4.69, 9.17) is 0 Å². The summed E-state index contributed by atoms with van der Waals surface area (Å²) in [6.07, 6.45) is 0.926. The summed E-state index contributed by atoms with van der Waals surface area (Å²) in [5.74, 6) is 0.439. The lowest BCUT2D eigenvalue weighted by atomic mass is 9.91. The Balaban J connectivity index is 2.68. The minimum Gasteiger partial charge on any atom is -0.394 e. The van der Waals surface area contributed by atoms with E-state index in [0.717, 1.165) is 6.42 Å². The molecule has 17 heavy (non-hydrogen) atoms. The number of hydrogen-bond acceptors (Lipinski definition) is 2. The maximum atomic E-state index is 9.42. The van der Waals surface area contributed by atoms with Crippen LogP contribution < -0.4 is 5.32 Å². The van der Waals surface area contributed by atoms with Gasteiger partial charge in [-0.25, -0.2) is 0 Å². The molecule has 96 valence electrons. The fourth-order valence-corrected chi connectivity index (χ4v) is 1.98. The zero-order valence-electron chi connectivity index (χ0n) is 11.4. The van der Waals surface area contributed by atoms with E-state index in [-0.39, 0.29) is 12.1 Å². The van der Waals surface area contributed by atoms with Crippen LogP contribution in [0.5, 0.6) is 0 Å². The van der Waals surface area contributed by atoms with E-state index in [9.17, 15) is 5.11 Å². The maximum Gasteiger partial charge on any atom is 0.0610 e. The topological polar surface area (TPSA) is 32.3 Å². The third-order valence-corrected chi connectivity index (χ3v) is 3.78. The first-order valence-corrected chi connectivity index (χ1v) is 6.46. The summed E-state index contributed by atoms with van der Waals surface area (Å²) in [5, 5.41) is 13.0. The van der Waals surface area contributed by atoms with Crippen LogP contribution in [0.2, 0.25) is 0 Å². The molecular weight excluding hydrogens is 210 g/mol. The molecule has 2 nitrogen and oxygen atoms in total. The molecule has 0 bridgehead atoms. The van der Waals surface area contributed by atoms with Crippen molar-refractivity contribution in [2.24, 2.45) is 0 Å². The Morgan fingerprint density at radius 3 is 2.29 bits per heavy atom. The lowest BCUT2D eigenvalue weighted by Crippen LogP contribution is -2.50. The standard InChI is InChI=1S/C15H25NO/c1-5-15(4,11-17)16-13(3)12(2)14-9-7-6-8-10-14/h6-10,12-13,16-17H,5,11H2,1-4H3. The quantitative estimate of drug-likeness (QED) is 0.794. The highest BCUT2D eigenvalue weighted by atomic mass is 16.3. The predicted molar refractivity (Wildman–Crippen MR) is 73.2 cm³/mol. The Hall–Kier alpha value is -0.860. The summed E-state index contributed by atoms with van der Waals surface area (Å²) < 4.78 is 0. The Morgan fingerprint density at radius 1 is 1.24 bits per heavy atom. The minimum absolute atomic E-state index is 0.176. The summed E-state index contributed by atoms with van der Waals surface area (Å²) in [6.45, 7) is 8.75. The van der Waals surface area contributed by atoms with Crippen molar-refractivity contribution in [1.82, 2.24) is 5.32 Å². The molecular formula is C15H25NO. The van der Waals surface area contributed by atoms with Crippen molar-refractivity contribution in [3.8, 4) is 0 Å². The second kappa shape index (κ2) is 6.18. The molecule has 0 aromatic heterocycles. The molecule has 0 aliphatic heterocycles. The Bertz CT molecular complexity index is 319. The highest BCUT2D eigenvalue weighted by molar-refractivity contribution is 5.20. The van der Waals surface area contributed by atoms with Crippen molar-refractivity contribution in [1.29, 1.82) is 0 Å². The van der Waals surface area contributed by atoms with Crippen molar-refractivity contribution < 1.29 is 5.11 Å². The van der Waals surface area contributed by atoms with Gasteiger partial charge < -0.3 is 10.4 Å². The molecule has 0 saturated carbocycles. The maximum absolute atomic E-state index is 9.42. The second-order valence-electron chi connectivity index (χ2n) is 5.20. The van der Waals surface area contributed by atoms with Crippen LogP contribution in [0, 0.1) is 0 Å². The molecule has 0 saturated heterocycles. The van der Waals surface area contributed by atoms with Crippen LogP contribution in [0.4, 0.5) is 0 Å². The number of benzene rings is 1. The van der Waals surface area contributed by atoms with Crippen LogP contribution in [0.15, 0.2) is 30.3 Å². The van der Waals surface area contributed by atoms with Crippen molar-refractivity contribution >= 4 is 0 Å². The molecule has 3 unspecified atom stereocenters. The average Bonchev–Trinajstić information content (AvgIpc) is 2.38. The molecule has 1 rings (SSSR count). The van der Waals surface area contributed by atoms with E-state index < -0.39 is 0 Å². The van der Waals surface area contributed by atoms with Gasteiger partial charge in [0.25, 0.3) is 0 Å². The SMILES string of the molecule is CCC(C)(CO)NC(C)C(C)c1ccccc1. The lowest BCUT2D eigenvalue weighted by molar-refractivity contribution is 0.155. The number of hydrogen-bond donors (Lipinski definition) is 2. The summed E-state index contributed by atoms with van der Waals surface area (Å²) in [4.78, 5) is 0. The fourth-order valence-electron chi connectivity index (χ4n) is 1.98. The number of aliphatic hydroxyl groups excluding tert-OH is 1. The first-order chi connectivity index (χ1) is 8.02. The second-order valence-corrected chi connectivity index (χ2v) is 5.20. The largest absolute Gasteiger partial charge is 0.394 e. The van der Waals surface area contributed by atoms with Gasteiger partial charge in [0.2, 0.25) is 0 Å². The van der Waals surface area contributed by atoms with Crippen molar-refractivity contribution in [3.05, 3.63) is 35.9 Å². The van der Waals surface area contributed by atoms with Crippen molar-refractivity contribution in [2.45, 2.75) is 51.6 Å². The first-order valence-electron chi connectivity index (χ1n) is 6.46. The number of rotatable bonds is 6. The third kappa shape index (κ3) is 3.83. The summed E-state index contributed by atoms with van der Waals surface area (Å²) in [6, 6.07) is 10.8. The molecule has 0 spiro atoms. The zero-order chi connectivity index (χ0) is 12.9. The monoisotopic (exact) mass is 235 g/mol. The van der Waals surface area contributed by atoms with E-state index >= 15 is 0 Å². The molecule has 1 aromatic carbocycles. The normalized spacial score (nSPS) is 18.4. The van der Waals surface area contributed by atoms with Gasteiger partial charge in [-0.05, 0) is 31.7 Å². The van der Waals surface area contributed by atoms with E-state index in [2.05, 4.69) is 57.3 Å². The lowest BCUT2D eigenvalue weighted by Gasteiger charge is -2.34. The van der Waals surface area contributed by atoms with Crippen LogP contribution in [0.1, 0.15) is 45.6 Å². The van der Waals surface area contributed by atoms with Gasteiger partial charge in [-0.1, -0.05) is 44.2 Å². The van der Waals surface area contributed by atoms with Crippen molar-refractivity contribution in [2.75, 3.05) is 6.61 Å². The van der Waals surface area contributed by atoms with Gasteiger partial charge in [0, 0.05) is 11.6 Å². The molecule has 2 N–H and O–H groups in total. The Kier molecular flexibility index (Phi) is 5.16. The van der Waals surface area contributed by atoms with Gasteiger partial charge in [-0.3, -0.25) is 0 Å². The molecule has 0 aliphatic carbocycles. The highest BCUT2D eigenvalue weighted by Crippen LogP contribution is 2.21. The Morgan fingerprint density at radius 2 is 1.82 bits per heavy atom. The van der Waals surface area contributed by atoms with Crippen LogP contribution in [-0.4, -0.2) is 23.3 Å². The summed E-state index contributed by atoms with van der Waals surface area (Å²) in [7, 11) is 0. The van der Waals surface area contributed by atoms with E-state index in [1.165, 1.54) is 5.56 Å². The number of aliphatic hydroxyl groups is 1. The van der Waals surface area contributed by atoms with Crippen LogP contribution in [0.25, 0.3) is 0 Å². The molecule has 0 heterocycles. The smallest absolute Gasteiger partial charge is 0.0610 e. The molecule has 0 fully saturated rings. The average molecular weight is 235 g/mol. The van der Waals surface area contributed by atoms with Crippen LogP contribution in [-0.2, 0) is 0 Å². The van der Waals surface area contributed by atoms with Gasteiger partial charge in [0.1, 0.15) is 0 Å². The molecule has 2 heteroatoms. The van der Waals surface area contributed by atoms with Gasteiger partial charge in [0.15, 0.2) is 0 Å². The Labute approximate surface area is 105 Å². The predicted octanol–water partition coefficient (Wildman–Crippen LogP) is 2.93. The summed E-state index contributed by atoms with van der Waals surface area (Å²) in [5.41, 5.74) is 1.16. The zero-order valence-corrected chi connectivity index (χ0v) is 11.4. The molecule has 1 aromatic rings. The van der Waals surface area contributed by atoms with E-state index in [1.807, 2.05) is 6.07 Å². The highest BCUT2D eigenvalue weighted by Gasteiger charge is 2.25. The van der Waals surface area contributed by atoms with Gasteiger partial charge in [0.05, 0.1) is 6.61 Å². The van der Waals surface area contributed by atoms with Gasteiger partial charge in [-0.2, -0.15) is 0 Å². The van der Waals surface area contributed by atoms with E-state index in [1.54, 1.807) is 0 Å². The third-order valence-electron chi connectivity index (χ3n) is 3.78. The van der Waals surface area contributed by atoms with Crippen LogP contribution in [0.3, 0.4) is 0 Å². The van der Waals surface area contributed by atoms with Gasteiger partial charge >= 0.3 is 0 Å². The summed E-state index contributed by atoms with van der Waals surface area (Å²) >= 11 is 0. The molecule has 0 amide bonds. The molecule has 0 aliphatic rings. The van der Waals surface area contributed by atoms with Gasteiger partial charge in [-0.15, -0.1) is 0 Å². The first kappa shape index (κ1) is 14.2. The van der Waals surface area contributed by atoms with E-state index in [0.29, 0.717) is 12.0 Å².